The van der Waals surface area contributed by atoms with Crippen LogP contribution in [0.4, 0.5) is 4.79 Å². The molecule has 0 aromatic carbocycles. The number of hydrogen-bond acceptors (Lipinski definition) is 11. The summed E-state index contributed by atoms with van der Waals surface area (Å²) in [5.41, 5.74) is 0. The predicted molar refractivity (Wildman–Crippen MR) is 84.0 cm³/mol. The number of carbonyl (C=O) groups excluding carboxylic acids is 1. The number of amides is 2. The van der Waals surface area contributed by atoms with E-state index >= 15 is 0 Å². The summed E-state index contributed by atoms with van der Waals surface area (Å²) < 4.78 is 15.2. The Bertz CT molecular complexity index is 494. The molecule has 13 heteroatoms. The summed E-state index contributed by atoms with van der Waals surface area (Å²) >= 11 is 0. The van der Waals surface area contributed by atoms with E-state index in [0.717, 1.165) is 0 Å². The maximum atomic E-state index is 12.0. The van der Waals surface area contributed by atoms with Crippen LogP contribution in [0.5, 0.6) is 0 Å². The highest BCUT2D eigenvalue weighted by atomic mass is 16.7. The van der Waals surface area contributed by atoms with E-state index in [1.165, 1.54) is 7.11 Å². The molecule has 0 aliphatic carbocycles. The molecule has 2 amide bonds. The zero-order valence-corrected chi connectivity index (χ0v) is 14.5. The van der Waals surface area contributed by atoms with Gasteiger partial charge in [0.1, 0.15) is 48.8 Å². The molecule has 0 unspecified atom stereocenters. The number of nitrogens with one attached hydrogen (secondary N) is 2. The van der Waals surface area contributed by atoms with Crippen molar-refractivity contribution in [3.8, 4) is 0 Å². The lowest BCUT2D eigenvalue weighted by atomic mass is 9.98. The fourth-order valence-electron chi connectivity index (χ4n) is 2.87. The van der Waals surface area contributed by atoms with Gasteiger partial charge in [-0.3, -0.25) is 0 Å². The Kier molecular flexibility index (Phi) is 7.70. The molecule has 2 saturated heterocycles. The first kappa shape index (κ1) is 22.2. The van der Waals surface area contributed by atoms with Crippen LogP contribution in [0.15, 0.2) is 0 Å². The molecule has 158 valence electrons. The Hall–Kier alpha value is -1.13. The number of ether oxygens (including phenoxy) is 3. The molecule has 0 aromatic heterocycles. The number of rotatable bonds is 5. The average Bonchev–Trinajstić information content (AvgIpc) is 2.66. The maximum absolute atomic E-state index is 12.0. The fraction of sp³-hybridized carbons (Fsp3) is 0.929. The minimum atomic E-state index is -1.65. The van der Waals surface area contributed by atoms with Gasteiger partial charge >= 0.3 is 6.03 Å². The average molecular weight is 398 g/mol. The van der Waals surface area contributed by atoms with Crippen molar-refractivity contribution >= 4 is 6.03 Å². The van der Waals surface area contributed by atoms with Gasteiger partial charge < -0.3 is 60.6 Å². The van der Waals surface area contributed by atoms with Crippen molar-refractivity contribution in [2.75, 3.05) is 20.3 Å². The first-order valence-corrected chi connectivity index (χ1v) is 8.28. The van der Waals surface area contributed by atoms with Crippen LogP contribution in [0.25, 0.3) is 0 Å². The number of aliphatic hydroxyl groups is 7. The summed E-state index contributed by atoms with van der Waals surface area (Å²) in [5, 5.41) is 72.2. The molecule has 2 fully saturated rings. The third-order valence-corrected chi connectivity index (χ3v) is 4.53. The Morgan fingerprint density at radius 3 is 2.07 bits per heavy atom. The molecule has 0 spiro atoms. The Morgan fingerprint density at radius 1 is 0.889 bits per heavy atom. The summed E-state index contributed by atoms with van der Waals surface area (Å²) in [6.45, 7) is -0.945. The molecule has 2 aliphatic rings. The van der Waals surface area contributed by atoms with Gasteiger partial charge in [-0.2, -0.15) is 0 Å². The number of urea groups is 1. The first-order valence-electron chi connectivity index (χ1n) is 8.28. The Morgan fingerprint density at radius 2 is 1.48 bits per heavy atom. The highest BCUT2D eigenvalue weighted by Crippen LogP contribution is 2.22. The van der Waals surface area contributed by atoms with Crippen molar-refractivity contribution in [2.24, 2.45) is 0 Å². The molecule has 0 radical (unpaired) electrons. The molecule has 27 heavy (non-hydrogen) atoms. The molecule has 10 atom stereocenters. The van der Waals surface area contributed by atoms with Crippen molar-refractivity contribution < 1.29 is 54.8 Å². The minimum absolute atomic E-state index is 0.298. The summed E-state index contributed by atoms with van der Waals surface area (Å²) in [4.78, 5) is 12.0. The zero-order valence-electron chi connectivity index (χ0n) is 14.5. The highest BCUT2D eigenvalue weighted by Gasteiger charge is 2.45. The third kappa shape index (κ3) is 4.83. The lowest BCUT2D eigenvalue weighted by Gasteiger charge is -2.41. The van der Waals surface area contributed by atoms with Gasteiger partial charge in [-0.05, 0) is 0 Å². The van der Waals surface area contributed by atoms with Crippen molar-refractivity contribution in [2.45, 2.75) is 61.3 Å². The fourth-order valence-corrected chi connectivity index (χ4v) is 2.87. The van der Waals surface area contributed by atoms with Crippen molar-refractivity contribution in [3.05, 3.63) is 0 Å². The van der Waals surface area contributed by atoms with Gasteiger partial charge in [0.05, 0.1) is 6.61 Å². The molecule has 0 aromatic rings. The second-order valence-corrected chi connectivity index (χ2v) is 6.35. The normalized spacial score (nSPS) is 45.3. The molecule has 2 heterocycles. The summed E-state index contributed by atoms with van der Waals surface area (Å²) in [7, 11) is 1.23. The van der Waals surface area contributed by atoms with Gasteiger partial charge in [-0.1, -0.05) is 0 Å². The molecule has 0 saturated carbocycles. The Balaban J connectivity index is 1.88. The van der Waals surface area contributed by atoms with Gasteiger partial charge in [0.25, 0.3) is 0 Å². The first-order chi connectivity index (χ1) is 12.7. The van der Waals surface area contributed by atoms with Crippen molar-refractivity contribution in [1.82, 2.24) is 10.6 Å². The molecule has 2 rings (SSSR count). The molecular formula is C14H26N2O11. The molecule has 2 aliphatic heterocycles. The van der Waals surface area contributed by atoms with Crippen LogP contribution in [0.2, 0.25) is 0 Å². The smallest absolute Gasteiger partial charge is 0.316 e. The van der Waals surface area contributed by atoms with Crippen molar-refractivity contribution in [1.29, 1.82) is 0 Å². The quantitative estimate of drug-likeness (QED) is 0.213. The number of methoxy groups -OCH3 is 1. The molecular weight excluding hydrogens is 372 g/mol. The monoisotopic (exact) mass is 398 g/mol. The standard InChI is InChI=1S/C14H26N2O11/c1-25-13-11(23)9(21)6(18)4(27-13)2-15-14(24)16-12-10(22)8(20)7(19)5(3-17)26-12/h4-13,17-23H,2-3H2,1H3,(H2,15,16,24)/t4-,5-,6-,7-,8+,9+,10+,11+,12+,13+/m1/s1. The number of aliphatic hydroxyl groups excluding tert-OH is 7. The SMILES string of the molecule is CO[C@H]1O[C@H](CNC(=O)N[C@H]2O[C@H](CO)[C@@H](O)[C@H](O)[C@@H]2O)[C@@H](O)[C@H](O)[C@@H]1O. The van der Waals surface area contributed by atoms with Crippen LogP contribution in [-0.4, -0.2) is 123 Å². The summed E-state index contributed by atoms with van der Waals surface area (Å²) in [6.07, 6.45) is -14.3. The van der Waals surface area contributed by atoms with Gasteiger partial charge in [-0.15, -0.1) is 0 Å². The molecule has 9 N–H and O–H groups in total. The van der Waals surface area contributed by atoms with Crippen LogP contribution in [0.1, 0.15) is 0 Å². The van der Waals surface area contributed by atoms with Crippen LogP contribution < -0.4 is 10.6 Å². The predicted octanol–water partition coefficient (Wildman–Crippen LogP) is -5.46. The van der Waals surface area contributed by atoms with E-state index in [1.54, 1.807) is 0 Å². The van der Waals surface area contributed by atoms with E-state index < -0.39 is 74.0 Å². The number of carbonyl (C=O) groups is 1. The summed E-state index contributed by atoms with van der Waals surface area (Å²) in [6, 6.07) is -0.885. The van der Waals surface area contributed by atoms with E-state index in [1.807, 2.05) is 0 Å². The van der Waals surface area contributed by atoms with E-state index in [2.05, 4.69) is 10.6 Å². The molecule has 13 nitrogen and oxygen atoms in total. The minimum Gasteiger partial charge on any atom is -0.394 e. The lowest BCUT2D eigenvalue weighted by Crippen LogP contribution is -2.65. The van der Waals surface area contributed by atoms with Crippen LogP contribution in [0, 0.1) is 0 Å². The lowest BCUT2D eigenvalue weighted by molar-refractivity contribution is -0.288. The van der Waals surface area contributed by atoms with Crippen molar-refractivity contribution in [3.63, 3.8) is 0 Å². The van der Waals surface area contributed by atoms with Gasteiger partial charge in [-0.25, -0.2) is 4.79 Å². The Labute approximate surface area is 154 Å². The topological polar surface area (TPSA) is 210 Å². The number of hydrogen-bond donors (Lipinski definition) is 9. The van der Waals surface area contributed by atoms with Gasteiger partial charge in [0.15, 0.2) is 12.5 Å². The zero-order chi connectivity index (χ0) is 20.3. The van der Waals surface area contributed by atoms with E-state index in [-0.39, 0.29) is 6.54 Å². The second-order valence-electron chi connectivity index (χ2n) is 6.35. The highest BCUT2D eigenvalue weighted by molar-refractivity contribution is 5.74. The van der Waals surface area contributed by atoms with Gasteiger partial charge in [0.2, 0.25) is 0 Å². The van der Waals surface area contributed by atoms with Gasteiger partial charge in [0, 0.05) is 13.7 Å². The maximum Gasteiger partial charge on any atom is 0.316 e. The molecule has 0 bridgehead atoms. The van der Waals surface area contributed by atoms with Crippen LogP contribution in [0.3, 0.4) is 0 Å². The van der Waals surface area contributed by atoms with Crippen LogP contribution in [-0.2, 0) is 14.2 Å². The summed E-state index contributed by atoms with van der Waals surface area (Å²) in [5.74, 6) is 0. The largest absolute Gasteiger partial charge is 0.394 e. The second kappa shape index (κ2) is 9.38. The van der Waals surface area contributed by atoms with Crippen LogP contribution >= 0.6 is 0 Å². The van der Waals surface area contributed by atoms with E-state index in [0.29, 0.717) is 0 Å². The van der Waals surface area contributed by atoms with E-state index in [4.69, 9.17) is 19.3 Å². The van der Waals surface area contributed by atoms with E-state index in [9.17, 15) is 35.4 Å². The third-order valence-electron chi connectivity index (χ3n) is 4.53.